The van der Waals surface area contributed by atoms with Crippen LogP contribution in [-0.2, 0) is 0 Å². The number of hydrogen-bond donors (Lipinski definition) is 2. The molecule has 0 aliphatic rings. The molecule has 2 aromatic carbocycles. The van der Waals surface area contributed by atoms with Crippen LogP contribution >= 0.6 is 12.2 Å². The number of hydrogen-bond acceptors (Lipinski definition) is 3. The maximum atomic E-state index is 12.4. The van der Waals surface area contributed by atoms with E-state index in [2.05, 4.69) is 5.32 Å². The third kappa shape index (κ3) is 3.58. The highest BCUT2D eigenvalue weighted by Gasteiger charge is 2.11. The number of carbonyl (C=O) groups excluding carboxylic acids is 1. The van der Waals surface area contributed by atoms with Crippen LogP contribution < -0.4 is 16.0 Å². The summed E-state index contributed by atoms with van der Waals surface area (Å²) < 4.78 is 0. The third-order valence-electron chi connectivity index (χ3n) is 3.07. The lowest BCUT2D eigenvalue weighted by Gasteiger charge is -2.14. The van der Waals surface area contributed by atoms with Crippen molar-refractivity contribution < 1.29 is 4.79 Å². The Bertz CT molecular complexity index is 683. The highest BCUT2D eigenvalue weighted by Crippen LogP contribution is 2.18. The molecule has 0 atom stereocenters. The van der Waals surface area contributed by atoms with Gasteiger partial charge in [0, 0.05) is 30.9 Å². The minimum atomic E-state index is -0.192. The largest absolute Gasteiger partial charge is 0.389 e. The van der Waals surface area contributed by atoms with Crippen molar-refractivity contribution in [3.63, 3.8) is 0 Å². The lowest BCUT2D eigenvalue weighted by Crippen LogP contribution is -2.18. The summed E-state index contributed by atoms with van der Waals surface area (Å²) in [6.45, 7) is 0. The number of rotatable bonds is 4. The van der Waals surface area contributed by atoms with E-state index in [1.807, 2.05) is 49.3 Å². The van der Waals surface area contributed by atoms with Gasteiger partial charge in [0.2, 0.25) is 0 Å². The van der Waals surface area contributed by atoms with Gasteiger partial charge in [-0.15, -0.1) is 0 Å². The first-order chi connectivity index (χ1) is 9.99. The van der Waals surface area contributed by atoms with Crippen LogP contribution in [0.2, 0.25) is 0 Å². The van der Waals surface area contributed by atoms with Crippen molar-refractivity contribution in [2.45, 2.75) is 0 Å². The predicted octanol–water partition coefficient (Wildman–Crippen LogP) is 2.64. The molecule has 0 aromatic heterocycles. The number of thiocarbonyl (C=S) groups is 1. The Morgan fingerprint density at radius 1 is 1.14 bits per heavy atom. The molecule has 0 saturated carbocycles. The van der Waals surface area contributed by atoms with Gasteiger partial charge in [-0.25, -0.2) is 0 Å². The second kappa shape index (κ2) is 6.37. The average Bonchev–Trinajstić information content (AvgIpc) is 2.47. The topological polar surface area (TPSA) is 58.4 Å². The van der Waals surface area contributed by atoms with Crippen LogP contribution in [0.1, 0.15) is 15.9 Å². The molecule has 21 heavy (non-hydrogen) atoms. The molecule has 2 rings (SSSR count). The summed E-state index contributed by atoms with van der Waals surface area (Å²) in [7, 11) is 3.86. The first kappa shape index (κ1) is 15.0. The first-order valence-electron chi connectivity index (χ1n) is 6.46. The second-order valence-corrected chi connectivity index (χ2v) is 5.25. The van der Waals surface area contributed by atoms with Crippen LogP contribution in [0.4, 0.5) is 11.4 Å². The molecule has 5 heteroatoms. The highest BCUT2D eigenvalue weighted by molar-refractivity contribution is 7.80. The van der Waals surface area contributed by atoms with Gasteiger partial charge < -0.3 is 16.0 Å². The molecule has 2 aromatic rings. The van der Waals surface area contributed by atoms with Crippen LogP contribution in [0.5, 0.6) is 0 Å². The quantitative estimate of drug-likeness (QED) is 0.852. The zero-order valence-corrected chi connectivity index (χ0v) is 12.8. The Hall–Kier alpha value is -2.40. The molecule has 0 bridgehead atoms. The van der Waals surface area contributed by atoms with Crippen LogP contribution in [-0.4, -0.2) is 25.0 Å². The highest BCUT2D eigenvalue weighted by atomic mass is 32.1. The van der Waals surface area contributed by atoms with Gasteiger partial charge in [0.15, 0.2) is 0 Å². The van der Waals surface area contributed by atoms with Crippen LogP contribution in [0.25, 0.3) is 0 Å². The number of amides is 1. The van der Waals surface area contributed by atoms with Crippen molar-refractivity contribution in [2.24, 2.45) is 5.73 Å². The van der Waals surface area contributed by atoms with E-state index >= 15 is 0 Å². The van der Waals surface area contributed by atoms with E-state index in [4.69, 9.17) is 18.0 Å². The zero-order chi connectivity index (χ0) is 15.4. The first-order valence-corrected chi connectivity index (χ1v) is 6.87. The number of nitrogens with one attached hydrogen (secondary N) is 1. The van der Waals surface area contributed by atoms with E-state index in [0.29, 0.717) is 16.8 Å². The summed E-state index contributed by atoms with van der Waals surface area (Å²) in [6, 6.07) is 14.6. The molecular weight excluding hydrogens is 282 g/mol. The fourth-order valence-electron chi connectivity index (χ4n) is 1.93. The van der Waals surface area contributed by atoms with Crippen molar-refractivity contribution in [3.05, 3.63) is 59.7 Å². The molecule has 0 spiro atoms. The maximum absolute atomic E-state index is 12.4. The van der Waals surface area contributed by atoms with Gasteiger partial charge >= 0.3 is 0 Å². The normalized spacial score (nSPS) is 10.0. The van der Waals surface area contributed by atoms with E-state index in [9.17, 15) is 4.79 Å². The predicted molar refractivity (Wildman–Crippen MR) is 91.1 cm³/mol. The van der Waals surface area contributed by atoms with Gasteiger partial charge in [-0.2, -0.15) is 0 Å². The van der Waals surface area contributed by atoms with Crippen LogP contribution in [0.15, 0.2) is 48.5 Å². The van der Waals surface area contributed by atoms with Gasteiger partial charge in [-0.3, -0.25) is 4.79 Å². The van der Waals surface area contributed by atoms with E-state index in [1.165, 1.54) is 0 Å². The van der Waals surface area contributed by atoms with Crippen LogP contribution in [0, 0.1) is 0 Å². The second-order valence-electron chi connectivity index (χ2n) is 4.81. The maximum Gasteiger partial charge on any atom is 0.255 e. The third-order valence-corrected chi connectivity index (χ3v) is 3.29. The molecule has 4 nitrogen and oxygen atoms in total. The van der Waals surface area contributed by atoms with E-state index in [-0.39, 0.29) is 10.9 Å². The summed E-state index contributed by atoms with van der Waals surface area (Å²) in [5.74, 6) is -0.192. The summed E-state index contributed by atoms with van der Waals surface area (Å²) >= 11 is 4.99. The molecular formula is C16H17N3OS. The fraction of sp³-hybridized carbons (Fsp3) is 0.125. The van der Waals surface area contributed by atoms with Crippen LogP contribution in [0.3, 0.4) is 0 Å². The van der Waals surface area contributed by atoms with E-state index in [0.717, 1.165) is 5.69 Å². The molecule has 0 aliphatic carbocycles. The Morgan fingerprint density at radius 2 is 1.86 bits per heavy atom. The summed E-state index contributed by atoms with van der Waals surface area (Å²) in [5, 5.41) is 2.85. The molecule has 3 N–H and O–H groups in total. The standard InChI is InChI=1S/C16H17N3OS/c1-19(2)12-7-5-6-11(10-12)16(20)18-14-9-4-3-8-13(14)15(17)21/h3-10H,1-2H3,(H2,17,21)(H,18,20). The molecule has 108 valence electrons. The number of benzene rings is 2. The van der Waals surface area contributed by atoms with Crippen molar-refractivity contribution in [1.29, 1.82) is 0 Å². The monoisotopic (exact) mass is 299 g/mol. The molecule has 0 unspecified atom stereocenters. The summed E-state index contributed by atoms with van der Waals surface area (Å²) in [6.07, 6.45) is 0. The van der Waals surface area contributed by atoms with E-state index < -0.39 is 0 Å². The molecule has 0 aliphatic heterocycles. The number of nitrogens with two attached hydrogens (primary N) is 1. The Balaban J connectivity index is 2.26. The van der Waals surface area contributed by atoms with Gasteiger partial charge in [0.1, 0.15) is 4.99 Å². The minimum Gasteiger partial charge on any atom is -0.389 e. The molecule has 1 amide bonds. The number of carbonyl (C=O) groups is 1. The van der Waals surface area contributed by atoms with E-state index in [1.54, 1.807) is 18.2 Å². The lowest BCUT2D eigenvalue weighted by molar-refractivity contribution is 0.102. The van der Waals surface area contributed by atoms with Crippen molar-refractivity contribution in [3.8, 4) is 0 Å². The molecule has 0 saturated heterocycles. The van der Waals surface area contributed by atoms with Crippen molar-refractivity contribution >= 4 is 34.5 Å². The Morgan fingerprint density at radius 3 is 2.52 bits per heavy atom. The SMILES string of the molecule is CN(C)c1cccc(C(=O)Nc2ccccc2C(N)=S)c1. The van der Waals surface area contributed by atoms with Crippen molar-refractivity contribution in [2.75, 3.05) is 24.3 Å². The van der Waals surface area contributed by atoms with Crippen molar-refractivity contribution in [1.82, 2.24) is 0 Å². The Labute approximate surface area is 129 Å². The zero-order valence-electron chi connectivity index (χ0n) is 12.0. The number of anilines is 2. The number of para-hydroxylation sites is 1. The molecule has 0 fully saturated rings. The van der Waals surface area contributed by atoms with Gasteiger partial charge in [0.05, 0.1) is 5.69 Å². The van der Waals surface area contributed by atoms with Gasteiger partial charge in [0.25, 0.3) is 5.91 Å². The summed E-state index contributed by atoms with van der Waals surface area (Å²) in [5.41, 5.74) is 8.48. The Kier molecular flexibility index (Phi) is 4.55. The summed E-state index contributed by atoms with van der Waals surface area (Å²) in [4.78, 5) is 14.6. The van der Waals surface area contributed by atoms with Gasteiger partial charge in [-0.1, -0.05) is 30.4 Å². The smallest absolute Gasteiger partial charge is 0.255 e. The fourth-order valence-corrected chi connectivity index (χ4v) is 2.10. The lowest BCUT2D eigenvalue weighted by atomic mass is 10.1. The molecule has 0 heterocycles. The number of nitrogens with zero attached hydrogens (tertiary/aromatic N) is 1. The molecule has 0 radical (unpaired) electrons. The average molecular weight is 299 g/mol. The minimum absolute atomic E-state index is 0.192. The van der Waals surface area contributed by atoms with Gasteiger partial charge in [-0.05, 0) is 30.3 Å².